The van der Waals surface area contributed by atoms with Gasteiger partial charge in [-0.3, -0.25) is 0 Å². The zero-order valence-corrected chi connectivity index (χ0v) is 9.34. The van der Waals surface area contributed by atoms with Crippen molar-refractivity contribution in [3.63, 3.8) is 0 Å². The van der Waals surface area contributed by atoms with Gasteiger partial charge in [0.15, 0.2) is 0 Å². The predicted octanol–water partition coefficient (Wildman–Crippen LogP) is 1.12. The molecular weight excluding hydrogens is 224 g/mol. The van der Waals surface area contributed by atoms with Crippen LogP contribution in [0.3, 0.4) is 0 Å². The van der Waals surface area contributed by atoms with E-state index in [9.17, 15) is 9.59 Å². The molecule has 1 rings (SSSR count). The number of carbonyl (C=O) groups excluding carboxylic acids is 2. The van der Waals surface area contributed by atoms with E-state index in [4.69, 9.17) is 9.47 Å². The topological polar surface area (TPSA) is 77.3 Å². The van der Waals surface area contributed by atoms with Gasteiger partial charge in [-0.1, -0.05) is 12.1 Å². The monoisotopic (exact) mass is 234 g/mol. The van der Waals surface area contributed by atoms with Crippen molar-refractivity contribution in [3.05, 3.63) is 29.8 Å². The van der Waals surface area contributed by atoms with Gasteiger partial charge < -0.3 is 9.47 Å². The Morgan fingerprint density at radius 1 is 1.12 bits per heavy atom. The van der Waals surface area contributed by atoms with E-state index in [1.807, 2.05) is 0 Å². The molecule has 0 atom stereocenters. The molecule has 0 aliphatic heterocycles. The Balaban J connectivity index is 3.50. The van der Waals surface area contributed by atoms with E-state index in [-0.39, 0.29) is 0 Å². The average Bonchev–Trinajstić information content (AvgIpc) is 2.38. The van der Waals surface area contributed by atoms with Crippen molar-refractivity contribution >= 4 is 12.2 Å². The molecule has 0 aliphatic rings. The Bertz CT molecular complexity index is 470. The number of methoxy groups -OCH3 is 2. The molecule has 6 heteroatoms. The Hall–Kier alpha value is -2.26. The normalized spacial score (nSPS) is 12.8. The number of hydrogen-bond donors (Lipinski definition) is 0. The third-order valence-corrected chi connectivity index (χ3v) is 2.14. The lowest BCUT2D eigenvalue weighted by atomic mass is 10.1. The summed E-state index contributed by atoms with van der Waals surface area (Å²) in [4.78, 5) is 27.7. The Kier molecular flexibility index (Phi) is 4.31. The third kappa shape index (κ3) is 2.46. The van der Waals surface area contributed by atoms with Crippen LogP contribution < -0.4 is 4.74 Å². The summed E-state index contributed by atoms with van der Waals surface area (Å²) in [5.41, 5.74) is 0.316. The minimum atomic E-state index is -1.80. The first-order chi connectivity index (χ1) is 8.24. The minimum Gasteiger partial charge on any atom is -0.496 e. The number of ether oxygens (including phenoxy) is 2. The molecule has 0 radical (unpaired) electrons. The maximum absolute atomic E-state index is 10.4. The van der Waals surface area contributed by atoms with E-state index in [1.54, 1.807) is 24.3 Å². The summed E-state index contributed by atoms with van der Waals surface area (Å²) in [7, 11) is 2.70. The van der Waals surface area contributed by atoms with Crippen LogP contribution in [-0.2, 0) is 20.2 Å². The van der Waals surface area contributed by atoms with Crippen molar-refractivity contribution in [1.29, 1.82) is 0 Å². The smallest absolute Gasteiger partial charge is 0.309 e. The van der Waals surface area contributed by atoms with Crippen LogP contribution in [-0.4, -0.2) is 26.4 Å². The zero-order chi connectivity index (χ0) is 12.7. The molecule has 88 valence electrons. The number of nitrogens with zero attached hydrogens (tertiary/aromatic N) is 2. The lowest BCUT2D eigenvalue weighted by Gasteiger charge is -2.22. The maximum atomic E-state index is 10.4. The highest BCUT2D eigenvalue weighted by Gasteiger charge is 2.35. The highest BCUT2D eigenvalue weighted by atomic mass is 16.5. The van der Waals surface area contributed by atoms with Crippen LogP contribution in [0.25, 0.3) is 0 Å². The van der Waals surface area contributed by atoms with E-state index >= 15 is 0 Å². The summed E-state index contributed by atoms with van der Waals surface area (Å²) in [6, 6.07) is 6.60. The standard InChI is InChI=1S/C11H10N2O4/c1-16-10-6-4-3-5-9(10)11(17-2,12-7-14)13-8-15/h3-6H,1-2H3. The summed E-state index contributed by atoms with van der Waals surface area (Å²) < 4.78 is 10.1. The number of benzene rings is 1. The molecule has 0 amide bonds. The molecule has 0 saturated heterocycles. The van der Waals surface area contributed by atoms with Crippen molar-refractivity contribution in [2.75, 3.05) is 14.2 Å². The highest BCUT2D eigenvalue weighted by molar-refractivity contribution is 5.45. The molecule has 1 aromatic carbocycles. The van der Waals surface area contributed by atoms with Crippen LogP contribution in [0.1, 0.15) is 5.56 Å². The van der Waals surface area contributed by atoms with Crippen molar-refractivity contribution in [2.45, 2.75) is 5.85 Å². The predicted molar refractivity (Wildman–Crippen MR) is 57.9 cm³/mol. The van der Waals surface area contributed by atoms with E-state index in [0.717, 1.165) is 0 Å². The molecule has 0 N–H and O–H groups in total. The molecule has 0 saturated carbocycles. The first-order valence-electron chi connectivity index (χ1n) is 4.60. The lowest BCUT2D eigenvalue weighted by Crippen LogP contribution is -2.24. The van der Waals surface area contributed by atoms with Crippen molar-refractivity contribution in [1.82, 2.24) is 0 Å². The average molecular weight is 234 g/mol. The van der Waals surface area contributed by atoms with Crippen LogP contribution in [0.5, 0.6) is 5.75 Å². The molecule has 0 heterocycles. The molecule has 0 aliphatic carbocycles. The largest absolute Gasteiger partial charge is 0.496 e. The molecule has 0 aromatic heterocycles. The number of para-hydroxylation sites is 1. The van der Waals surface area contributed by atoms with E-state index < -0.39 is 5.85 Å². The first kappa shape index (κ1) is 12.8. The zero-order valence-electron chi connectivity index (χ0n) is 9.34. The fourth-order valence-electron chi connectivity index (χ4n) is 1.38. The Morgan fingerprint density at radius 2 is 1.71 bits per heavy atom. The summed E-state index contributed by atoms with van der Waals surface area (Å²) >= 11 is 0. The second-order valence-corrected chi connectivity index (χ2v) is 2.92. The van der Waals surface area contributed by atoms with Gasteiger partial charge in [0.25, 0.3) is 0 Å². The summed E-state index contributed by atoms with van der Waals surface area (Å²) in [5.74, 6) is -1.41. The first-order valence-corrected chi connectivity index (χ1v) is 4.60. The summed E-state index contributed by atoms with van der Waals surface area (Å²) in [5, 5.41) is 0. The lowest BCUT2D eigenvalue weighted by molar-refractivity contribution is -0.000531. The second-order valence-electron chi connectivity index (χ2n) is 2.92. The van der Waals surface area contributed by atoms with Crippen LogP contribution in [0.15, 0.2) is 34.3 Å². The number of rotatable bonds is 5. The van der Waals surface area contributed by atoms with Crippen LogP contribution in [0.2, 0.25) is 0 Å². The van der Waals surface area contributed by atoms with Gasteiger partial charge in [0, 0.05) is 7.11 Å². The molecular formula is C11H10N2O4. The van der Waals surface area contributed by atoms with E-state index in [2.05, 4.69) is 9.98 Å². The fourth-order valence-corrected chi connectivity index (χ4v) is 1.38. The van der Waals surface area contributed by atoms with Crippen LogP contribution >= 0.6 is 0 Å². The van der Waals surface area contributed by atoms with Gasteiger partial charge in [0.1, 0.15) is 5.75 Å². The van der Waals surface area contributed by atoms with Gasteiger partial charge >= 0.3 is 5.85 Å². The summed E-state index contributed by atoms with van der Waals surface area (Å²) in [6.07, 6.45) is 2.63. The van der Waals surface area contributed by atoms with Gasteiger partial charge in [0.2, 0.25) is 12.2 Å². The Morgan fingerprint density at radius 3 is 2.18 bits per heavy atom. The molecule has 0 bridgehead atoms. The fraction of sp³-hybridized carbons (Fsp3) is 0.273. The number of hydrogen-bond acceptors (Lipinski definition) is 6. The van der Waals surface area contributed by atoms with Crippen LogP contribution in [0.4, 0.5) is 0 Å². The van der Waals surface area contributed by atoms with Gasteiger partial charge in [-0.25, -0.2) is 9.59 Å². The maximum Gasteiger partial charge on any atom is 0.309 e. The van der Waals surface area contributed by atoms with E-state index in [0.29, 0.717) is 11.3 Å². The van der Waals surface area contributed by atoms with Gasteiger partial charge in [-0.15, -0.1) is 9.98 Å². The van der Waals surface area contributed by atoms with Crippen molar-refractivity contribution in [3.8, 4) is 5.75 Å². The molecule has 17 heavy (non-hydrogen) atoms. The van der Waals surface area contributed by atoms with Crippen molar-refractivity contribution < 1.29 is 19.1 Å². The van der Waals surface area contributed by atoms with E-state index in [1.165, 1.54) is 26.4 Å². The van der Waals surface area contributed by atoms with Crippen LogP contribution in [0, 0.1) is 0 Å². The van der Waals surface area contributed by atoms with Gasteiger partial charge in [-0.2, -0.15) is 0 Å². The minimum absolute atomic E-state index is 0.316. The SMILES string of the molecule is COc1ccccc1C(N=C=O)(N=C=O)OC. The third-order valence-electron chi connectivity index (χ3n) is 2.14. The second kappa shape index (κ2) is 5.72. The number of isocyanates is 2. The molecule has 0 spiro atoms. The highest BCUT2D eigenvalue weighted by Crippen LogP contribution is 2.34. The molecule has 0 unspecified atom stereocenters. The van der Waals surface area contributed by atoms with Gasteiger partial charge in [0.05, 0.1) is 12.7 Å². The Labute approximate surface area is 97.6 Å². The molecule has 6 nitrogen and oxygen atoms in total. The number of aliphatic imine (C=N–C) groups is 2. The van der Waals surface area contributed by atoms with Crippen molar-refractivity contribution in [2.24, 2.45) is 9.98 Å². The summed E-state index contributed by atoms with van der Waals surface area (Å²) in [6.45, 7) is 0. The molecule has 1 aromatic rings. The van der Waals surface area contributed by atoms with Gasteiger partial charge in [-0.05, 0) is 12.1 Å². The molecule has 0 fully saturated rings. The quantitative estimate of drug-likeness (QED) is 0.565.